The highest BCUT2D eigenvalue weighted by molar-refractivity contribution is 5.81. The van der Waals surface area contributed by atoms with Crippen LogP contribution in [0.15, 0.2) is 48.7 Å². The Morgan fingerprint density at radius 1 is 1.12 bits per heavy atom. The zero-order chi connectivity index (χ0) is 17.6. The molecule has 0 N–H and O–H groups in total. The van der Waals surface area contributed by atoms with Crippen LogP contribution in [0.2, 0.25) is 0 Å². The molecule has 0 bridgehead atoms. The zero-order valence-electron chi connectivity index (χ0n) is 14.9. The topological polar surface area (TPSA) is 45.7 Å². The summed E-state index contributed by atoms with van der Waals surface area (Å²) in [5.41, 5.74) is 1.26. The van der Waals surface area contributed by atoms with Crippen molar-refractivity contribution in [1.82, 2.24) is 9.88 Å². The molecule has 1 aliphatic heterocycles. The third-order valence-corrected chi connectivity index (χ3v) is 4.56. The Hall–Kier alpha value is -2.56. The SMILES string of the molecule is CCc1ccc(OC(C)C(=O)N2CCN(c3ccccn3)CC2)cc1. The normalized spacial score (nSPS) is 15.8. The number of carbonyl (C=O) groups excluding carboxylic acids is 1. The fraction of sp³-hybridized carbons (Fsp3) is 0.400. The van der Waals surface area contributed by atoms with E-state index >= 15 is 0 Å². The molecule has 1 unspecified atom stereocenters. The Balaban J connectivity index is 1.52. The second-order valence-electron chi connectivity index (χ2n) is 6.26. The summed E-state index contributed by atoms with van der Waals surface area (Å²) in [4.78, 5) is 21.1. The van der Waals surface area contributed by atoms with E-state index in [1.165, 1.54) is 5.56 Å². The van der Waals surface area contributed by atoms with Crippen molar-refractivity contribution in [2.75, 3.05) is 31.1 Å². The van der Waals surface area contributed by atoms with Gasteiger partial charge in [-0.15, -0.1) is 0 Å². The highest BCUT2D eigenvalue weighted by atomic mass is 16.5. The van der Waals surface area contributed by atoms with Gasteiger partial charge < -0.3 is 14.5 Å². The maximum atomic E-state index is 12.6. The summed E-state index contributed by atoms with van der Waals surface area (Å²) in [6.07, 6.45) is 2.32. The number of anilines is 1. The van der Waals surface area contributed by atoms with E-state index in [1.807, 2.05) is 54.3 Å². The second kappa shape index (κ2) is 8.01. The standard InChI is InChI=1S/C20H25N3O2/c1-3-17-7-9-18(10-8-17)25-16(2)20(24)23-14-12-22(13-15-23)19-6-4-5-11-21-19/h4-11,16H,3,12-15H2,1-2H3. The van der Waals surface area contributed by atoms with Gasteiger partial charge in [0.15, 0.2) is 6.10 Å². The van der Waals surface area contributed by atoms with Gasteiger partial charge >= 0.3 is 0 Å². The van der Waals surface area contributed by atoms with Crippen LogP contribution in [0.3, 0.4) is 0 Å². The summed E-state index contributed by atoms with van der Waals surface area (Å²) in [7, 11) is 0. The molecular formula is C20H25N3O2. The molecule has 1 aliphatic rings. The number of pyridine rings is 1. The molecule has 1 aromatic carbocycles. The Kier molecular flexibility index (Phi) is 5.53. The molecule has 3 rings (SSSR count). The maximum absolute atomic E-state index is 12.6. The lowest BCUT2D eigenvalue weighted by Crippen LogP contribution is -2.52. The van der Waals surface area contributed by atoms with E-state index in [1.54, 1.807) is 6.20 Å². The Labute approximate surface area is 149 Å². The van der Waals surface area contributed by atoms with E-state index in [4.69, 9.17) is 4.74 Å². The number of hydrogen-bond donors (Lipinski definition) is 0. The van der Waals surface area contributed by atoms with E-state index in [2.05, 4.69) is 16.8 Å². The first-order valence-electron chi connectivity index (χ1n) is 8.87. The monoisotopic (exact) mass is 339 g/mol. The lowest BCUT2D eigenvalue weighted by molar-refractivity contribution is -0.138. The number of amides is 1. The fourth-order valence-electron chi connectivity index (χ4n) is 3.01. The molecule has 1 fully saturated rings. The van der Waals surface area contributed by atoms with E-state index in [0.717, 1.165) is 31.1 Å². The van der Waals surface area contributed by atoms with E-state index in [9.17, 15) is 4.79 Å². The van der Waals surface area contributed by atoms with Gasteiger partial charge in [0, 0.05) is 32.4 Å². The summed E-state index contributed by atoms with van der Waals surface area (Å²) in [5.74, 6) is 1.75. The van der Waals surface area contributed by atoms with E-state index < -0.39 is 6.10 Å². The highest BCUT2D eigenvalue weighted by Crippen LogP contribution is 2.17. The molecule has 2 aromatic rings. The average molecular weight is 339 g/mol. The average Bonchev–Trinajstić information content (AvgIpc) is 2.69. The molecule has 0 saturated carbocycles. The van der Waals surface area contributed by atoms with Crippen molar-refractivity contribution >= 4 is 11.7 Å². The van der Waals surface area contributed by atoms with Crippen molar-refractivity contribution in [2.45, 2.75) is 26.4 Å². The number of carbonyl (C=O) groups is 1. The summed E-state index contributed by atoms with van der Waals surface area (Å²) in [6.45, 7) is 6.91. The van der Waals surface area contributed by atoms with Gasteiger partial charge in [-0.05, 0) is 43.2 Å². The molecule has 5 nitrogen and oxygen atoms in total. The van der Waals surface area contributed by atoms with E-state index in [-0.39, 0.29) is 5.91 Å². The van der Waals surface area contributed by atoms with Gasteiger partial charge in [-0.25, -0.2) is 4.98 Å². The van der Waals surface area contributed by atoms with Gasteiger partial charge in [-0.1, -0.05) is 25.1 Å². The summed E-state index contributed by atoms with van der Waals surface area (Å²) in [5, 5.41) is 0. The summed E-state index contributed by atoms with van der Waals surface area (Å²) >= 11 is 0. The Bertz CT molecular complexity index is 680. The number of ether oxygens (including phenoxy) is 1. The van der Waals surface area contributed by atoms with Crippen molar-refractivity contribution in [1.29, 1.82) is 0 Å². The van der Waals surface area contributed by atoms with Gasteiger partial charge in [0.1, 0.15) is 11.6 Å². The number of hydrogen-bond acceptors (Lipinski definition) is 4. The second-order valence-corrected chi connectivity index (χ2v) is 6.26. The fourth-order valence-corrected chi connectivity index (χ4v) is 3.01. The van der Waals surface area contributed by atoms with Crippen LogP contribution in [-0.2, 0) is 11.2 Å². The number of nitrogens with zero attached hydrogens (tertiary/aromatic N) is 3. The largest absolute Gasteiger partial charge is 0.481 e. The van der Waals surface area contributed by atoms with Crippen LogP contribution in [0.5, 0.6) is 5.75 Å². The minimum atomic E-state index is -0.478. The molecule has 2 heterocycles. The minimum absolute atomic E-state index is 0.0419. The first kappa shape index (κ1) is 17.3. The lowest BCUT2D eigenvalue weighted by Gasteiger charge is -2.36. The van der Waals surface area contributed by atoms with Gasteiger partial charge in [0.25, 0.3) is 5.91 Å². The molecule has 0 radical (unpaired) electrons. The van der Waals surface area contributed by atoms with Crippen LogP contribution in [0.1, 0.15) is 19.4 Å². The smallest absolute Gasteiger partial charge is 0.263 e. The Morgan fingerprint density at radius 2 is 1.84 bits per heavy atom. The van der Waals surface area contributed by atoms with Gasteiger partial charge in [-0.2, -0.15) is 0 Å². The third-order valence-electron chi connectivity index (χ3n) is 4.56. The molecule has 1 saturated heterocycles. The highest BCUT2D eigenvalue weighted by Gasteiger charge is 2.26. The van der Waals surface area contributed by atoms with Crippen molar-refractivity contribution in [3.8, 4) is 5.75 Å². The van der Waals surface area contributed by atoms with Gasteiger partial charge in [0.05, 0.1) is 0 Å². The van der Waals surface area contributed by atoms with Crippen LogP contribution < -0.4 is 9.64 Å². The maximum Gasteiger partial charge on any atom is 0.263 e. The summed E-state index contributed by atoms with van der Waals surface area (Å²) < 4.78 is 5.82. The van der Waals surface area contributed by atoms with Crippen LogP contribution in [-0.4, -0.2) is 48.1 Å². The van der Waals surface area contributed by atoms with Crippen molar-refractivity contribution in [3.63, 3.8) is 0 Å². The molecule has 1 amide bonds. The summed E-state index contributed by atoms with van der Waals surface area (Å²) in [6, 6.07) is 13.8. The molecule has 1 aromatic heterocycles. The molecule has 0 aliphatic carbocycles. The molecule has 0 spiro atoms. The molecule has 25 heavy (non-hydrogen) atoms. The number of benzene rings is 1. The predicted octanol–water partition coefficient (Wildman–Crippen LogP) is 2.76. The molecule has 5 heteroatoms. The van der Waals surface area contributed by atoms with E-state index in [0.29, 0.717) is 13.1 Å². The zero-order valence-corrected chi connectivity index (χ0v) is 14.9. The number of rotatable bonds is 5. The lowest BCUT2D eigenvalue weighted by atomic mass is 10.2. The predicted molar refractivity (Wildman–Crippen MR) is 98.9 cm³/mol. The quantitative estimate of drug-likeness (QED) is 0.840. The molecule has 1 atom stereocenters. The minimum Gasteiger partial charge on any atom is -0.481 e. The molecular weight excluding hydrogens is 314 g/mol. The van der Waals surface area contributed by atoms with Gasteiger partial charge in [-0.3, -0.25) is 4.79 Å². The van der Waals surface area contributed by atoms with Crippen LogP contribution in [0, 0.1) is 0 Å². The van der Waals surface area contributed by atoms with Crippen molar-refractivity contribution < 1.29 is 9.53 Å². The first-order chi connectivity index (χ1) is 12.2. The van der Waals surface area contributed by atoms with Crippen LogP contribution >= 0.6 is 0 Å². The number of piperazine rings is 1. The number of aryl methyl sites for hydroxylation is 1. The van der Waals surface area contributed by atoms with Crippen LogP contribution in [0.4, 0.5) is 5.82 Å². The molecule has 132 valence electrons. The third kappa shape index (κ3) is 4.29. The van der Waals surface area contributed by atoms with Crippen molar-refractivity contribution in [3.05, 3.63) is 54.2 Å². The van der Waals surface area contributed by atoms with Crippen molar-refractivity contribution in [2.24, 2.45) is 0 Å². The van der Waals surface area contributed by atoms with Crippen LogP contribution in [0.25, 0.3) is 0 Å². The number of aromatic nitrogens is 1. The Morgan fingerprint density at radius 3 is 2.44 bits per heavy atom. The van der Waals surface area contributed by atoms with Gasteiger partial charge in [0.2, 0.25) is 0 Å². The first-order valence-corrected chi connectivity index (χ1v) is 8.87.